The monoisotopic (exact) mass is 381 g/mol. The first-order valence-corrected chi connectivity index (χ1v) is 9.24. The molecule has 134 valence electrons. The quantitative estimate of drug-likeness (QED) is 0.815. The summed E-state index contributed by atoms with van der Waals surface area (Å²) in [7, 11) is 1.33. The van der Waals surface area contributed by atoms with E-state index in [1.54, 1.807) is 0 Å². The molecule has 0 saturated carbocycles. The number of piperidine rings is 1. The van der Waals surface area contributed by atoms with E-state index in [2.05, 4.69) is 25.2 Å². The van der Waals surface area contributed by atoms with Gasteiger partial charge >= 0.3 is 5.97 Å². The topological polar surface area (TPSA) is 80.2 Å². The van der Waals surface area contributed by atoms with Gasteiger partial charge in [0.15, 0.2) is 15.2 Å². The predicted molar refractivity (Wildman–Crippen MR) is 98.8 cm³/mol. The van der Waals surface area contributed by atoms with Crippen LogP contribution in [0.3, 0.4) is 0 Å². The molecule has 1 aliphatic rings. The van der Waals surface area contributed by atoms with Crippen LogP contribution in [0.5, 0.6) is 0 Å². The highest BCUT2D eigenvalue weighted by molar-refractivity contribution is 7.18. The number of carbonyl (C=O) groups excluding carboxylic acids is 1. The van der Waals surface area contributed by atoms with Crippen molar-refractivity contribution in [2.24, 2.45) is 0 Å². The molecule has 9 heteroatoms. The van der Waals surface area contributed by atoms with Crippen molar-refractivity contribution in [2.45, 2.75) is 32.7 Å². The Balaban J connectivity index is 1.60. The molecule has 7 nitrogen and oxygen atoms in total. The van der Waals surface area contributed by atoms with Crippen LogP contribution in [-0.2, 0) is 4.74 Å². The maximum absolute atomic E-state index is 11.6. The third-order valence-corrected chi connectivity index (χ3v) is 5.41. The first-order chi connectivity index (χ1) is 12.0. The van der Waals surface area contributed by atoms with Gasteiger partial charge in [0, 0.05) is 30.9 Å². The van der Waals surface area contributed by atoms with Crippen LogP contribution in [0.4, 0.5) is 10.9 Å². The summed E-state index contributed by atoms with van der Waals surface area (Å²) >= 11 is 7.23. The van der Waals surface area contributed by atoms with E-state index in [0.29, 0.717) is 10.0 Å². The third kappa shape index (κ3) is 4.19. The Morgan fingerprint density at radius 1 is 1.32 bits per heavy atom. The van der Waals surface area contributed by atoms with Gasteiger partial charge in [-0.3, -0.25) is 0 Å². The lowest BCUT2D eigenvalue weighted by Crippen LogP contribution is -2.39. The van der Waals surface area contributed by atoms with E-state index in [1.165, 1.54) is 18.4 Å². The van der Waals surface area contributed by atoms with E-state index in [0.717, 1.165) is 43.3 Å². The lowest BCUT2D eigenvalue weighted by Gasteiger charge is -2.33. The number of halogens is 1. The highest BCUT2D eigenvalue weighted by atomic mass is 35.5. The molecule has 0 bridgehead atoms. The van der Waals surface area contributed by atoms with Gasteiger partial charge in [0.2, 0.25) is 0 Å². The van der Waals surface area contributed by atoms with Crippen molar-refractivity contribution in [3.63, 3.8) is 0 Å². The van der Waals surface area contributed by atoms with Gasteiger partial charge in [-0.2, -0.15) is 0 Å². The highest BCUT2D eigenvalue weighted by Gasteiger charge is 2.23. The maximum atomic E-state index is 11.6. The zero-order valence-electron chi connectivity index (χ0n) is 14.4. The van der Waals surface area contributed by atoms with Gasteiger partial charge in [-0.15, -0.1) is 0 Å². The van der Waals surface area contributed by atoms with Crippen molar-refractivity contribution >= 4 is 39.9 Å². The van der Waals surface area contributed by atoms with Crippen LogP contribution < -0.4 is 10.2 Å². The van der Waals surface area contributed by atoms with Crippen molar-refractivity contribution in [3.05, 3.63) is 27.6 Å². The fraction of sp³-hybridized carbons (Fsp3) is 0.500. The summed E-state index contributed by atoms with van der Waals surface area (Å²) in [5, 5.41) is 4.21. The average Bonchev–Trinajstić information content (AvgIpc) is 2.94. The number of methoxy groups -OCH3 is 1. The second-order valence-electron chi connectivity index (χ2n) is 5.95. The number of aryl methyl sites for hydroxylation is 2. The molecule has 0 unspecified atom stereocenters. The van der Waals surface area contributed by atoms with E-state index in [4.69, 9.17) is 16.3 Å². The van der Waals surface area contributed by atoms with Crippen molar-refractivity contribution in [2.75, 3.05) is 30.4 Å². The summed E-state index contributed by atoms with van der Waals surface area (Å²) in [6.45, 7) is 5.69. The fourth-order valence-corrected chi connectivity index (χ4v) is 4.05. The van der Waals surface area contributed by atoms with E-state index in [1.807, 2.05) is 19.9 Å². The van der Waals surface area contributed by atoms with Gasteiger partial charge in [0.25, 0.3) is 0 Å². The van der Waals surface area contributed by atoms with E-state index >= 15 is 0 Å². The number of ether oxygens (including phenoxy) is 1. The molecule has 2 aromatic heterocycles. The van der Waals surface area contributed by atoms with Crippen molar-refractivity contribution in [1.29, 1.82) is 0 Å². The fourth-order valence-electron chi connectivity index (χ4n) is 2.87. The zero-order valence-corrected chi connectivity index (χ0v) is 15.9. The SMILES string of the molecule is COC(=O)c1sc(NC2CCN(c3cc(C)nc(C)n3)CC2)nc1Cl. The molecule has 3 rings (SSSR count). The van der Waals surface area contributed by atoms with Gasteiger partial charge in [-0.05, 0) is 26.7 Å². The molecule has 0 radical (unpaired) electrons. The molecule has 1 fully saturated rings. The Kier molecular flexibility index (Phi) is 5.39. The molecule has 0 spiro atoms. The van der Waals surface area contributed by atoms with E-state index in [9.17, 15) is 4.79 Å². The molecule has 3 heterocycles. The van der Waals surface area contributed by atoms with Gasteiger partial charge in [-0.1, -0.05) is 22.9 Å². The molecule has 0 amide bonds. The summed E-state index contributed by atoms with van der Waals surface area (Å²) in [6, 6.07) is 2.30. The van der Waals surface area contributed by atoms with E-state index < -0.39 is 5.97 Å². The lowest BCUT2D eigenvalue weighted by atomic mass is 10.1. The molecular weight excluding hydrogens is 362 g/mol. The van der Waals surface area contributed by atoms with Gasteiger partial charge < -0.3 is 15.0 Å². The number of carbonyl (C=O) groups is 1. The van der Waals surface area contributed by atoms with Crippen LogP contribution in [0.1, 0.15) is 34.0 Å². The van der Waals surface area contributed by atoms with Crippen LogP contribution in [-0.4, -0.2) is 47.2 Å². The van der Waals surface area contributed by atoms with Crippen LogP contribution in [0.15, 0.2) is 6.07 Å². The van der Waals surface area contributed by atoms with Crippen molar-refractivity contribution in [1.82, 2.24) is 15.0 Å². The number of nitrogens with one attached hydrogen (secondary N) is 1. The Morgan fingerprint density at radius 3 is 2.68 bits per heavy atom. The molecule has 2 aromatic rings. The number of nitrogens with zero attached hydrogens (tertiary/aromatic N) is 4. The largest absolute Gasteiger partial charge is 0.465 e. The number of hydrogen-bond acceptors (Lipinski definition) is 8. The molecule has 1 aliphatic heterocycles. The second-order valence-corrected chi connectivity index (χ2v) is 7.31. The normalized spacial score (nSPS) is 15.3. The van der Waals surface area contributed by atoms with Gasteiger partial charge in [0.05, 0.1) is 7.11 Å². The van der Waals surface area contributed by atoms with Crippen molar-refractivity contribution in [3.8, 4) is 0 Å². The second kappa shape index (κ2) is 7.53. The average molecular weight is 382 g/mol. The minimum atomic E-state index is -0.458. The summed E-state index contributed by atoms with van der Waals surface area (Å²) in [5.74, 6) is 1.32. The van der Waals surface area contributed by atoms with Crippen molar-refractivity contribution < 1.29 is 9.53 Å². The Morgan fingerprint density at radius 2 is 2.04 bits per heavy atom. The minimum absolute atomic E-state index is 0.184. The molecule has 0 aliphatic carbocycles. The smallest absolute Gasteiger partial charge is 0.351 e. The molecule has 1 saturated heterocycles. The summed E-state index contributed by atoms with van der Waals surface area (Å²) < 4.78 is 4.70. The van der Waals surface area contributed by atoms with Crippen LogP contribution in [0, 0.1) is 13.8 Å². The van der Waals surface area contributed by atoms with Crippen LogP contribution in [0.2, 0.25) is 5.15 Å². The van der Waals surface area contributed by atoms with E-state index in [-0.39, 0.29) is 11.2 Å². The molecular formula is C16H20ClN5O2S. The zero-order chi connectivity index (χ0) is 18.0. The minimum Gasteiger partial charge on any atom is -0.465 e. The predicted octanol–water partition coefficient (Wildman–Crippen LogP) is 3.07. The number of thiazole rings is 1. The standard InChI is InChI=1S/C16H20ClN5O2S/c1-9-8-12(19-10(2)18-9)22-6-4-11(5-7-22)20-16-21-14(17)13(25-16)15(23)24-3/h8,11H,4-7H2,1-3H3,(H,20,21). The number of anilines is 2. The molecule has 0 atom stereocenters. The molecule has 0 aromatic carbocycles. The van der Waals surface area contributed by atoms with Gasteiger partial charge in [0.1, 0.15) is 11.6 Å². The number of esters is 1. The number of aromatic nitrogens is 3. The highest BCUT2D eigenvalue weighted by Crippen LogP contribution is 2.29. The molecule has 25 heavy (non-hydrogen) atoms. The number of hydrogen-bond donors (Lipinski definition) is 1. The maximum Gasteiger partial charge on any atom is 0.351 e. The third-order valence-electron chi connectivity index (χ3n) is 4.06. The summed E-state index contributed by atoms with van der Waals surface area (Å²) in [5.41, 5.74) is 0.982. The Labute approximate surface area is 155 Å². The van der Waals surface area contributed by atoms with Crippen LogP contribution >= 0.6 is 22.9 Å². The molecule has 1 N–H and O–H groups in total. The number of rotatable bonds is 4. The summed E-state index contributed by atoms with van der Waals surface area (Å²) in [6.07, 6.45) is 1.90. The van der Waals surface area contributed by atoms with Crippen LogP contribution in [0.25, 0.3) is 0 Å². The Bertz CT molecular complexity index is 754. The van der Waals surface area contributed by atoms with Gasteiger partial charge in [-0.25, -0.2) is 19.7 Å². The first-order valence-electron chi connectivity index (χ1n) is 8.04. The lowest BCUT2D eigenvalue weighted by molar-refractivity contribution is 0.0606. The summed E-state index contributed by atoms with van der Waals surface area (Å²) in [4.78, 5) is 27.3. The Hall–Kier alpha value is -1.93. The first kappa shape index (κ1) is 17.9.